The molecule has 0 bridgehead atoms. The van der Waals surface area contributed by atoms with Crippen LogP contribution in [-0.2, 0) is 10.5 Å². The number of hydrogen-bond donors (Lipinski definition) is 1. The largest absolute Gasteiger partial charge is 0.497 e. The summed E-state index contributed by atoms with van der Waals surface area (Å²) in [5.74, 6) is 1.16. The number of carbonyl (C=O) groups is 1. The van der Waals surface area contributed by atoms with Crippen molar-refractivity contribution in [3.63, 3.8) is 0 Å². The van der Waals surface area contributed by atoms with Crippen molar-refractivity contribution in [2.24, 2.45) is 10.1 Å². The molecule has 2 aliphatic heterocycles. The molecular formula is C26H23N5O2S2. The van der Waals surface area contributed by atoms with Gasteiger partial charge in [0.15, 0.2) is 10.2 Å². The zero-order valence-electron chi connectivity index (χ0n) is 19.5. The normalized spacial score (nSPS) is 16.4. The van der Waals surface area contributed by atoms with Crippen LogP contribution < -0.4 is 4.74 Å². The summed E-state index contributed by atoms with van der Waals surface area (Å²) >= 11 is 2.90. The van der Waals surface area contributed by atoms with Crippen LogP contribution in [0.25, 0.3) is 11.8 Å². The van der Waals surface area contributed by atoms with Crippen LogP contribution in [0.5, 0.6) is 5.75 Å². The third-order valence-electron chi connectivity index (χ3n) is 5.74. The molecule has 5 rings (SSSR count). The van der Waals surface area contributed by atoms with E-state index in [0.29, 0.717) is 5.17 Å². The number of rotatable bonds is 5. The minimum absolute atomic E-state index is 0.0389. The second kappa shape index (κ2) is 9.59. The number of nitrogens with zero attached hydrogens (tertiary/aromatic N) is 4. The molecule has 1 aromatic heterocycles. The van der Waals surface area contributed by atoms with Crippen LogP contribution in [0.1, 0.15) is 22.5 Å². The predicted octanol–water partition coefficient (Wildman–Crippen LogP) is 5.61. The van der Waals surface area contributed by atoms with Crippen LogP contribution in [0.4, 0.5) is 0 Å². The minimum atomic E-state index is -0.424. The maximum absolute atomic E-state index is 12.9. The lowest BCUT2D eigenvalue weighted by molar-refractivity contribution is -0.114. The fraction of sp³-hybridized carbons (Fsp3) is 0.154. The average molecular weight is 502 g/mol. The van der Waals surface area contributed by atoms with E-state index < -0.39 is 5.91 Å². The van der Waals surface area contributed by atoms with E-state index in [0.717, 1.165) is 38.5 Å². The molecule has 3 aromatic rings. The molecule has 2 aliphatic rings. The van der Waals surface area contributed by atoms with Crippen LogP contribution in [0.15, 0.2) is 76.3 Å². The highest BCUT2D eigenvalue weighted by atomic mass is 32.2. The standard InChI is InChI=1S/C26H23N5O2S2/c1-16-13-19(17(2)30(16)20-9-11-21(33-3)12-10-20)14-22-23(27)31-25(28-24(22)32)35-26(29-31)34-15-18-7-5-4-6-8-18/h4-14,27H,15H2,1-3H3/b22-14-,27-23?. The number of fused-ring (bicyclic) bond motifs is 1. The lowest BCUT2D eigenvalue weighted by Gasteiger charge is -2.20. The van der Waals surface area contributed by atoms with Crippen molar-refractivity contribution >= 4 is 50.9 Å². The zero-order chi connectivity index (χ0) is 24.5. The molecule has 0 aliphatic carbocycles. The van der Waals surface area contributed by atoms with Crippen LogP contribution in [-0.4, -0.2) is 38.0 Å². The van der Waals surface area contributed by atoms with Crippen LogP contribution >= 0.6 is 23.5 Å². The first kappa shape index (κ1) is 23.2. The Kier molecular flexibility index (Phi) is 6.36. The lowest BCUT2D eigenvalue weighted by Crippen LogP contribution is -2.35. The van der Waals surface area contributed by atoms with Gasteiger partial charge in [-0.15, -0.1) is 5.10 Å². The smallest absolute Gasteiger partial charge is 0.283 e. The van der Waals surface area contributed by atoms with Gasteiger partial charge in [0.05, 0.1) is 12.7 Å². The number of nitrogens with one attached hydrogen (secondary N) is 1. The van der Waals surface area contributed by atoms with E-state index in [2.05, 4.69) is 26.8 Å². The molecule has 3 heterocycles. The molecule has 9 heteroatoms. The quantitative estimate of drug-likeness (QED) is 0.459. The predicted molar refractivity (Wildman–Crippen MR) is 145 cm³/mol. The van der Waals surface area contributed by atoms with Gasteiger partial charge in [-0.2, -0.15) is 10.0 Å². The molecule has 0 atom stereocenters. The van der Waals surface area contributed by atoms with Crippen molar-refractivity contribution in [3.8, 4) is 11.4 Å². The van der Waals surface area contributed by atoms with Crippen molar-refractivity contribution in [2.75, 3.05) is 7.11 Å². The van der Waals surface area contributed by atoms with Crippen molar-refractivity contribution in [1.82, 2.24) is 9.58 Å². The molecule has 176 valence electrons. The van der Waals surface area contributed by atoms with Crippen molar-refractivity contribution in [3.05, 3.63) is 88.8 Å². The zero-order valence-corrected chi connectivity index (χ0v) is 21.1. The third-order valence-corrected chi connectivity index (χ3v) is 7.85. The fourth-order valence-electron chi connectivity index (χ4n) is 3.97. The Morgan fingerprint density at radius 1 is 1.11 bits per heavy atom. The summed E-state index contributed by atoms with van der Waals surface area (Å²) in [5, 5.41) is 15.1. The molecule has 0 saturated heterocycles. The van der Waals surface area contributed by atoms with E-state index in [1.807, 2.05) is 62.4 Å². The van der Waals surface area contributed by atoms with Gasteiger partial charge in [0.2, 0.25) is 5.17 Å². The van der Waals surface area contributed by atoms with Crippen LogP contribution in [0.3, 0.4) is 0 Å². The first-order valence-corrected chi connectivity index (χ1v) is 12.7. The summed E-state index contributed by atoms with van der Waals surface area (Å²) in [5.41, 5.74) is 5.26. The highest BCUT2D eigenvalue weighted by Crippen LogP contribution is 2.34. The van der Waals surface area contributed by atoms with Crippen molar-refractivity contribution in [2.45, 2.75) is 19.6 Å². The SMILES string of the molecule is COc1ccc(-n2c(C)cc(/C=C3/C(=N)N4N=C(SCc5ccccc5)SC4=NC3=O)c2C)cc1. The first-order valence-electron chi connectivity index (χ1n) is 10.9. The number of carbonyl (C=O) groups excluding carboxylic acids is 1. The highest BCUT2D eigenvalue weighted by molar-refractivity contribution is 8.45. The Labute approximate surface area is 212 Å². The Morgan fingerprint density at radius 2 is 1.86 bits per heavy atom. The van der Waals surface area contributed by atoms with Gasteiger partial charge in [0.25, 0.3) is 5.91 Å². The number of methoxy groups -OCH3 is 1. The van der Waals surface area contributed by atoms with E-state index in [1.54, 1.807) is 24.9 Å². The number of aryl methyl sites for hydroxylation is 1. The Balaban J connectivity index is 1.40. The van der Waals surface area contributed by atoms with Crippen molar-refractivity contribution in [1.29, 1.82) is 5.41 Å². The number of hydrazone groups is 1. The number of ether oxygens (including phenoxy) is 1. The van der Waals surface area contributed by atoms with Gasteiger partial charge in [-0.3, -0.25) is 10.2 Å². The van der Waals surface area contributed by atoms with Gasteiger partial charge in [-0.25, -0.2) is 0 Å². The van der Waals surface area contributed by atoms with E-state index in [4.69, 9.17) is 10.1 Å². The molecule has 2 aromatic carbocycles. The molecule has 0 unspecified atom stereocenters. The number of aliphatic imine (C=N–C) groups is 1. The summed E-state index contributed by atoms with van der Waals surface area (Å²) in [6.07, 6.45) is 1.74. The van der Waals surface area contributed by atoms with E-state index >= 15 is 0 Å². The van der Waals surface area contributed by atoms with Gasteiger partial charge >= 0.3 is 0 Å². The maximum Gasteiger partial charge on any atom is 0.283 e. The van der Waals surface area contributed by atoms with Gasteiger partial charge < -0.3 is 9.30 Å². The number of amidine groups is 2. The Bertz CT molecular complexity index is 1410. The summed E-state index contributed by atoms with van der Waals surface area (Å²) in [6.45, 7) is 4.01. The van der Waals surface area contributed by atoms with E-state index in [1.165, 1.54) is 22.3 Å². The molecular weight excluding hydrogens is 478 g/mol. The summed E-state index contributed by atoms with van der Waals surface area (Å²) < 4.78 is 8.14. The second-order valence-corrected chi connectivity index (χ2v) is 10.2. The first-order chi connectivity index (χ1) is 16.9. The van der Waals surface area contributed by atoms with Gasteiger partial charge in [-0.05, 0) is 73.1 Å². The van der Waals surface area contributed by atoms with E-state index in [-0.39, 0.29) is 11.4 Å². The lowest BCUT2D eigenvalue weighted by atomic mass is 10.1. The Morgan fingerprint density at radius 3 is 2.57 bits per heavy atom. The van der Waals surface area contributed by atoms with Gasteiger partial charge in [-0.1, -0.05) is 42.1 Å². The minimum Gasteiger partial charge on any atom is -0.497 e. The van der Waals surface area contributed by atoms with E-state index in [9.17, 15) is 4.79 Å². The molecule has 0 spiro atoms. The highest BCUT2D eigenvalue weighted by Gasteiger charge is 2.36. The summed E-state index contributed by atoms with van der Waals surface area (Å²) in [4.78, 5) is 17.1. The molecule has 35 heavy (non-hydrogen) atoms. The molecule has 1 amide bonds. The van der Waals surface area contributed by atoms with Gasteiger partial charge in [0, 0.05) is 22.8 Å². The fourth-order valence-corrected chi connectivity index (χ4v) is 5.85. The van der Waals surface area contributed by atoms with Crippen LogP contribution in [0, 0.1) is 19.3 Å². The molecule has 0 fully saturated rings. The third kappa shape index (κ3) is 4.56. The number of thioether (sulfide) groups is 2. The molecule has 0 radical (unpaired) electrons. The second-order valence-electron chi connectivity index (χ2n) is 8.02. The number of amides is 1. The number of hydrogen-bond acceptors (Lipinski definition) is 6. The maximum atomic E-state index is 12.9. The topological polar surface area (TPSA) is 83.0 Å². The molecule has 0 saturated carbocycles. The average Bonchev–Trinajstić information content (AvgIpc) is 3.40. The van der Waals surface area contributed by atoms with Crippen molar-refractivity contribution < 1.29 is 9.53 Å². The van der Waals surface area contributed by atoms with Gasteiger partial charge in [0.1, 0.15) is 5.75 Å². The molecule has 7 nitrogen and oxygen atoms in total. The monoisotopic (exact) mass is 501 g/mol. The number of aromatic nitrogens is 1. The Hall–Kier alpha value is -3.56. The van der Waals surface area contributed by atoms with Crippen LogP contribution in [0.2, 0.25) is 0 Å². The summed E-state index contributed by atoms with van der Waals surface area (Å²) in [6, 6.07) is 19.9. The molecule has 1 N–H and O–H groups in total. The summed E-state index contributed by atoms with van der Waals surface area (Å²) in [7, 11) is 1.64. The number of benzene rings is 2.